The first-order valence-electron chi connectivity index (χ1n) is 5.34. The minimum absolute atomic E-state index is 0.130. The van der Waals surface area contributed by atoms with Gasteiger partial charge < -0.3 is 15.6 Å². The average molecular weight is 344 g/mol. The first-order valence-corrected chi connectivity index (χ1v) is 6.13. The lowest BCUT2D eigenvalue weighted by Crippen LogP contribution is -2.07. The van der Waals surface area contributed by atoms with E-state index in [0.29, 0.717) is 0 Å². The first-order chi connectivity index (χ1) is 9.40. The van der Waals surface area contributed by atoms with Crippen molar-refractivity contribution in [2.45, 2.75) is 0 Å². The Morgan fingerprint density at radius 3 is 2.45 bits per heavy atom. The largest absolute Gasteiger partial charge is 0.477 e. The van der Waals surface area contributed by atoms with Gasteiger partial charge in [-0.05, 0) is 46.3 Å². The summed E-state index contributed by atoms with van der Waals surface area (Å²) in [5.41, 5.74) is 4.39. The minimum atomic E-state index is -1.42. The maximum Gasteiger partial charge on any atom is 0.341 e. The number of hydrogen-bond donors (Lipinski definition) is 2. The third kappa shape index (κ3) is 2.72. The molecule has 2 aromatic rings. The van der Waals surface area contributed by atoms with Crippen molar-refractivity contribution in [1.82, 2.24) is 0 Å². The fourth-order valence-electron chi connectivity index (χ4n) is 1.55. The summed E-state index contributed by atoms with van der Waals surface area (Å²) in [5, 5.41) is 9.05. The van der Waals surface area contributed by atoms with Crippen LogP contribution < -0.4 is 10.5 Å². The van der Waals surface area contributed by atoms with E-state index in [1.165, 1.54) is 12.1 Å². The molecule has 0 amide bonds. The average Bonchev–Trinajstić information content (AvgIpc) is 2.38. The predicted molar refractivity (Wildman–Crippen MR) is 71.9 cm³/mol. The van der Waals surface area contributed by atoms with E-state index >= 15 is 0 Å². The Hall–Kier alpha value is -2.15. The highest BCUT2D eigenvalue weighted by Crippen LogP contribution is 2.32. The Balaban J connectivity index is 2.45. The van der Waals surface area contributed by atoms with Crippen LogP contribution in [0, 0.1) is 11.6 Å². The molecule has 0 heterocycles. The zero-order valence-electron chi connectivity index (χ0n) is 9.86. The number of carbonyl (C=O) groups is 1. The van der Waals surface area contributed by atoms with Gasteiger partial charge >= 0.3 is 5.97 Å². The first kappa shape index (κ1) is 14.3. The van der Waals surface area contributed by atoms with Gasteiger partial charge in [-0.1, -0.05) is 0 Å². The van der Waals surface area contributed by atoms with Crippen molar-refractivity contribution >= 4 is 27.6 Å². The van der Waals surface area contributed by atoms with E-state index in [9.17, 15) is 13.6 Å². The molecule has 0 spiro atoms. The molecule has 0 fully saturated rings. The second-order valence-electron chi connectivity index (χ2n) is 3.82. The van der Waals surface area contributed by atoms with Gasteiger partial charge in [-0.3, -0.25) is 0 Å². The molecular formula is C13H8BrF2NO3. The number of hydrogen-bond acceptors (Lipinski definition) is 3. The van der Waals surface area contributed by atoms with Gasteiger partial charge in [0.15, 0.2) is 0 Å². The standard InChI is InChI=1S/C13H8BrF2NO3/c14-7-5-6(1-2-8(7)15)20-10-4-3-9(16)12(17)11(10)13(18)19/h1-5H,17H2,(H,18,19). The molecule has 0 bridgehead atoms. The fraction of sp³-hybridized carbons (Fsp3) is 0. The molecule has 20 heavy (non-hydrogen) atoms. The van der Waals surface area contributed by atoms with Crippen molar-refractivity contribution in [3.8, 4) is 11.5 Å². The molecule has 4 nitrogen and oxygen atoms in total. The molecule has 104 valence electrons. The zero-order valence-corrected chi connectivity index (χ0v) is 11.4. The van der Waals surface area contributed by atoms with Gasteiger partial charge in [0.1, 0.15) is 28.7 Å². The van der Waals surface area contributed by atoms with Crippen LogP contribution in [-0.4, -0.2) is 11.1 Å². The van der Waals surface area contributed by atoms with Crippen molar-refractivity contribution in [2.75, 3.05) is 5.73 Å². The Morgan fingerprint density at radius 1 is 1.20 bits per heavy atom. The number of nitrogen functional groups attached to an aromatic ring is 1. The van der Waals surface area contributed by atoms with E-state index in [2.05, 4.69) is 15.9 Å². The molecule has 7 heteroatoms. The number of carboxylic acids is 1. The van der Waals surface area contributed by atoms with E-state index in [0.717, 1.165) is 18.2 Å². The Morgan fingerprint density at radius 2 is 1.85 bits per heavy atom. The van der Waals surface area contributed by atoms with Crippen LogP contribution in [0.5, 0.6) is 11.5 Å². The van der Waals surface area contributed by atoms with Gasteiger partial charge in [-0.15, -0.1) is 0 Å². The molecule has 0 atom stereocenters. The van der Waals surface area contributed by atoms with E-state index in [1.807, 2.05) is 0 Å². The summed E-state index contributed by atoms with van der Waals surface area (Å²) >= 11 is 2.98. The highest BCUT2D eigenvalue weighted by atomic mass is 79.9. The molecule has 3 N–H and O–H groups in total. The summed E-state index contributed by atoms with van der Waals surface area (Å²) in [6, 6.07) is 5.92. The number of aromatic carboxylic acids is 1. The topological polar surface area (TPSA) is 72.5 Å². The lowest BCUT2D eigenvalue weighted by Gasteiger charge is -2.11. The van der Waals surface area contributed by atoms with Crippen molar-refractivity contribution in [3.05, 3.63) is 52.0 Å². The quantitative estimate of drug-likeness (QED) is 0.831. The molecule has 2 aromatic carbocycles. The van der Waals surface area contributed by atoms with Gasteiger partial charge in [0.05, 0.1) is 10.2 Å². The molecule has 0 saturated carbocycles. The van der Waals surface area contributed by atoms with E-state index in [-0.39, 0.29) is 16.0 Å². The summed E-state index contributed by atoms with van der Waals surface area (Å²) in [5.74, 6) is -2.70. The van der Waals surface area contributed by atoms with Crippen LogP contribution in [0.1, 0.15) is 10.4 Å². The SMILES string of the molecule is Nc1c(F)ccc(Oc2ccc(F)c(Br)c2)c1C(=O)O. The molecule has 0 unspecified atom stereocenters. The monoisotopic (exact) mass is 343 g/mol. The van der Waals surface area contributed by atoms with Crippen molar-refractivity contribution in [3.63, 3.8) is 0 Å². The third-order valence-electron chi connectivity index (χ3n) is 2.49. The molecule has 0 aliphatic carbocycles. The Bertz CT molecular complexity index is 692. The van der Waals surface area contributed by atoms with Gasteiger partial charge in [0, 0.05) is 0 Å². The highest BCUT2D eigenvalue weighted by Gasteiger charge is 2.19. The lowest BCUT2D eigenvalue weighted by molar-refractivity contribution is 0.0695. The van der Waals surface area contributed by atoms with Gasteiger partial charge in [-0.25, -0.2) is 13.6 Å². The van der Waals surface area contributed by atoms with E-state index < -0.39 is 28.9 Å². The Labute approximate surface area is 120 Å². The van der Waals surface area contributed by atoms with Crippen molar-refractivity contribution in [2.24, 2.45) is 0 Å². The minimum Gasteiger partial charge on any atom is -0.477 e. The fourth-order valence-corrected chi connectivity index (χ4v) is 1.90. The normalized spacial score (nSPS) is 10.3. The van der Waals surface area contributed by atoms with Gasteiger partial charge in [-0.2, -0.15) is 0 Å². The van der Waals surface area contributed by atoms with Crippen molar-refractivity contribution in [1.29, 1.82) is 0 Å². The summed E-state index contributed by atoms with van der Waals surface area (Å²) < 4.78 is 31.8. The number of anilines is 1. The van der Waals surface area contributed by atoms with Crippen molar-refractivity contribution < 1.29 is 23.4 Å². The number of rotatable bonds is 3. The number of carboxylic acid groups (broad SMARTS) is 1. The van der Waals surface area contributed by atoms with Crippen LogP contribution in [0.3, 0.4) is 0 Å². The van der Waals surface area contributed by atoms with Crippen LogP contribution in [0.2, 0.25) is 0 Å². The summed E-state index contributed by atoms with van der Waals surface area (Å²) in [4.78, 5) is 11.1. The summed E-state index contributed by atoms with van der Waals surface area (Å²) in [7, 11) is 0. The van der Waals surface area contributed by atoms with E-state index in [4.69, 9.17) is 15.6 Å². The molecule has 0 aliphatic heterocycles. The van der Waals surface area contributed by atoms with Crippen LogP contribution in [-0.2, 0) is 0 Å². The number of halogens is 3. The third-order valence-corrected chi connectivity index (χ3v) is 3.09. The van der Waals surface area contributed by atoms with E-state index in [1.54, 1.807) is 0 Å². The molecule has 0 saturated heterocycles. The molecule has 2 rings (SSSR count). The summed E-state index contributed by atoms with van der Waals surface area (Å²) in [6.07, 6.45) is 0. The molecule has 0 aromatic heterocycles. The predicted octanol–water partition coefficient (Wildman–Crippen LogP) is 3.80. The molecule has 0 radical (unpaired) electrons. The maximum atomic E-state index is 13.3. The number of ether oxygens (including phenoxy) is 1. The summed E-state index contributed by atoms with van der Waals surface area (Å²) in [6.45, 7) is 0. The van der Waals surface area contributed by atoms with Crippen LogP contribution >= 0.6 is 15.9 Å². The van der Waals surface area contributed by atoms with Crippen LogP contribution in [0.15, 0.2) is 34.8 Å². The van der Waals surface area contributed by atoms with Gasteiger partial charge in [0.2, 0.25) is 0 Å². The van der Waals surface area contributed by atoms with Crippen LogP contribution in [0.4, 0.5) is 14.5 Å². The second-order valence-corrected chi connectivity index (χ2v) is 4.67. The molecule has 0 aliphatic rings. The van der Waals surface area contributed by atoms with Gasteiger partial charge in [0.25, 0.3) is 0 Å². The van der Waals surface area contributed by atoms with Crippen LogP contribution in [0.25, 0.3) is 0 Å². The smallest absolute Gasteiger partial charge is 0.341 e. The number of nitrogens with two attached hydrogens (primary N) is 1. The second kappa shape index (κ2) is 5.46. The zero-order chi connectivity index (χ0) is 14.9. The molecular weight excluding hydrogens is 336 g/mol. The maximum absolute atomic E-state index is 13.3. The Kier molecular flexibility index (Phi) is 3.89. The number of benzene rings is 2. The highest BCUT2D eigenvalue weighted by molar-refractivity contribution is 9.10. The lowest BCUT2D eigenvalue weighted by atomic mass is 10.1.